The van der Waals surface area contributed by atoms with Gasteiger partial charge in [-0.2, -0.15) is 0 Å². The fourth-order valence-corrected chi connectivity index (χ4v) is 3.43. The van der Waals surface area contributed by atoms with Crippen LogP contribution in [-0.4, -0.2) is 30.3 Å². The first-order valence-corrected chi connectivity index (χ1v) is 9.24. The smallest absolute Gasteiger partial charge is 0.265 e. The van der Waals surface area contributed by atoms with Crippen molar-refractivity contribution in [2.75, 3.05) is 5.32 Å². The minimum absolute atomic E-state index is 0.0431. The second kappa shape index (κ2) is 8.11. The standard InChI is InChI=1S/C15H17ClN6O3S/c1-9-8-10(2)18-14(17-9)19-15(21-20-11(3)23)22-26(24,25)13-7-5-4-6-12(13)16/h4-8H,1-3H3,(H,20,23)(H2,17,18,19,21,22). The van der Waals surface area contributed by atoms with Crippen molar-refractivity contribution in [3.8, 4) is 0 Å². The van der Waals surface area contributed by atoms with E-state index in [9.17, 15) is 13.2 Å². The molecule has 3 N–H and O–H groups in total. The maximum absolute atomic E-state index is 12.6. The van der Waals surface area contributed by atoms with Crippen LogP contribution in [0.25, 0.3) is 0 Å². The molecule has 0 aliphatic heterocycles. The van der Waals surface area contributed by atoms with E-state index in [4.69, 9.17) is 11.6 Å². The van der Waals surface area contributed by atoms with E-state index < -0.39 is 15.9 Å². The minimum atomic E-state index is -4.06. The van der Waals surface area contributed by atoms with Crippen LogP contribution in [0.4, 0.5) is 5.95 Å². The Morgan fingerprint density at radius 1 is 1.15 bits per heavy atom. The molecule has 2 aromatic rings. The molecule has 0 saturated heterocycles. The van der Waals surface area contributed by atoms with Gasteiger partial charge in [0.15, 0.2) is 0 Å². The molecule has 138 valence electrons. The highest BCUT2D eigenvalue weighted by molar-refractivity contribution is 7.90. The number of aryl methyl sites for hydroxylation is 2. The Labute approximate surface area is 155 Å². The molecule has 0 fully saturated rings. The maximum atomic E-state index is 12.6. The molecule has 0 aliphatic rings. The molecule has 0 spiro atoms. The molecular formula is C15H17ClN6O3S. The third-order valence-corrected chi connectivity index (χ3v) is 4.73. The summed E-state index contributed by atoms with van der Waals surface area (Å²) in [5.74, 6) is -0.652. The Morgan fingerprint density at radius 2 is 1.77 bits per heavy atom. The number of nitrogens with one attached hydrogen (secondary N) is 3. The van der Waals surface area contributed by atoms with E-state index in [2.05, 4.69) is 30.5 Å². The molecule has 0 unspecified atom stereocenters. The summed E-state index contributed by atoms with van der Waals surface area (Å²) in [5, 5.41) is 6.39. The monoisotopic (exact) mass is 396 g/mol. The summed E-state index contributed by atoms with van der Waals surface area (Å²) in [6.07, 6.45) is 0. The minimum Gasteiger partial charge on any atom is -0.292 e. The fraction of sp³-hybridized carbons (Fsp3) is 0.200. The van der Waals surface area contributed by atoms with Crippen LogP contribution in [0.5, 0.6) is 0 Å². The maximum Gasteiger partial charge on any atom is 0.265 e. The first-order chi connectivity index (χ1) is 12.2. The summed E-state index contributed by atoms with van der Waals surface area (Å²) in [7, 11) is -4.06. The van der Waals surface area contributed by atoms with Gasteiger partial charge in [-0.25, -0.2) is 28.5 Å². The van der Waals surface area contributed by atoms with E-state index in [1.165, 1.54) is 25.1 Å². The summed E-state index contributed by atoms with van der Waals surface area (Å²) in [4.78, 5) is 19.3. The average Bonchev–Trinajstić information content (AvgIpc) is 2.51. The third-order valence-electron chi connectivity index (χ3n) is 2.89. The van der Waals surface area contributed by atoms with E-state index in [0.717, 1.165) is 0 Å². The van der Waals surface area contributed by atoms with Crippen molar-refractivity contribution < 1.29 is 13.2 Å². The summed E-state index contributed by atoms with van der Waals surface area (Å²) < 4.78 is 27.3. The Bertz CT molecular complexity index is 941. The van der Waals surface area contributed by atoms with E-state index in [1.807, 2.05) is 0 Å². The van der Waals surface area contributed by atoms with Crippen LogP contribution >= 0.6 is 11.6 Å². The van der Waals surface area contributed by atoms with Gasteiger partial charge in [-0.15, -0.1) is 5.10 Å². The highest BCUT2D eigenvalue weighted by Crippen LogP contribution is 2.20. The molecule has 0 atom stereocenters. The van der Waals surface area contributed by atoms with Crippen molar-refractivity contribution >= 4 is 39.4 Å². The van der Waals surface area contributed by atoms with Gasteiger partial charge >= 0.3 is 0 Å². The summed E-state index contributed by atoms with van der Waals surface area (Å²) in [6, 6.07) is 7.68. The second-order valence-corrected chi connectivity index (χ2v) is 7.32. The van der Waals surface area contributed by atoms with Gasteiger partial charge in [0.25, 0.3) is 10.0 Å². The molecule has 26 heavy (non-hydrogen) atoms. The molecule has 9 nitrogen and oxygen atoms in total. The lowest BCUT2D eigenvalue weighted by atomic mass is 10.4. The topological polar surface area (TPSA) is 125 Å². The molecule has 0 saturated carbocycles. The molecule has 0 aliphatic carbocycles. The molecule has 11 heteroatoms. The van der Waals surface area contributed by atoms with Gasteiger partial charge in [0, 0.05) is 18.3 Å². The zero-order valence-corrected chi connectivity index (χ0v) is 15.8. The van der Waals surface area contributed by atoms with Crippen molar-refractivity contribution in [1.29, 1.82) is 0 Å². The van der Waals surface area contributed by atoms with Crippen molar-refractivity contribution in [2.24, 2.45) is 5.10 Å². The van der Waals surface area contributed by atoms with Crippen LogP contribution in [0.3, 0.4) is 0 Å². The number of carbonyl (C=O) groups is 1. The van der Waals surface area contributed by atoms with Crippen molar-refractivity contribution in [2.45, 2.75) is 25.7 Å². The van der Waals surface area contributed by atoms with Crippen molar-refractivity contribution in [3.05, 3.63) is 46.7 Å². The van der Waals surface area contributed by atoms with E-state index in [-0.39, 0.29) is 21.8 Å². The highest BCUT2D eigenvalue weighted by Gasteiger charge is 2.20. The van der Waals surface area contributed by atoms with Crippen LogP contribution < -0.4 is 15.5 Å². The predicted octanol–water partition coefficient (Wildman–Crippen LogP) is 1.54. The van der Waals surface area contributed by atoms with E-state index >= 15 is 0 Å². The number of rotatable bonds is 4. The summed E-state index contributed by atoms with van der Waals surface area (Å²) >= 11 is 5.95. The number of nitrogens with zero attached hydrogens (tertiary/aromatic N) is 3. The molecule has 1 aromatic heterocycles. The van der Waals surface area contributed by atoms with Gasteiger partial charge in [0.1, 0.15) is 4.90 Å². The molecule has 0 radical (unpaired) electrons. The van der Waals surface area contributed by atoms with Gasteiger partial charge < -0.3 is 0 Å². The highest BCUT2D eigenvalue weighted by atomic mass is 35.5. The van der Waals surface area contributed by atoms with E-state index in [1.54, 1.807) is 26.0 Å². The Morgan fingerprint density at radius 3 is 2.35 bits per heavy atom. The number of amides is 1. The number of sulfonamides is 1. The van der Waals surface area contributed by atoms with Gasteiger partial charge in [-0.05, 0) is 32.0 Å². The molecular weight excluding hydrogens is 380 g/mol. The molecule has 1 aromatic carbocycles. The number of anilines is 1. The zero-order valence-electron chi connectivity index (χ0n) is 14.2. The Balaban J connectivity index is 2.34. The van der Waals surface area contributed by atoms with Crippen molar-refractivity contribution in [3.63, 3.8) is 0 Å². The quantitative estimate of drug-likeness (QED) is 0.409. The molecule has 2 rings (SSSR count). The average molecular weight is 397 g/mol. The van der Waals surface area contributed by atoms with Gasteiger partial charge in [-0.3, -0.25) is 10.1 Å². The largest absolute Gasteiger partial charge is 0.292 e. The number of hydrogen-bond donors (Lipinski definition) is 3. The summed E-state index contributed by atoms with van der Waals surface area (Å²) in [5.41, 5.74) is 3.50. The second-order valence-electron chi connectivity index (χ2n) is 5.26. The van der Waals surface area contributed by atoms with Gasteiger partial charge in [-0.1, -0.05) is 23.7 Å². The number of carbonyl (C=O) groups excluding carboxylic acids is 1. The lowest BCUT2D eigenvalue weighted by Gasteiger charge is -2.13. The Hall–Kier alpha value is -2.72. The number of guanidine groups is 1. The number of halogens is 1. The van der Waals surface area contributed by atoms with Crippen LogP contribution in [0.2, 0.25) is 5.02 Å². The molecule has 1 amide bonds. The lowest BCUT2D eigenvalue weighted by Crippen LogP contribution is -2.38. The summed E-state index contributed by atoms with van der Waals surface area (Å²) in [6.45, 7) is 4.76. The zero-order chi connectivity index (χ0) is 19.3. The van der Waals surface area contributed by atoms with Crippen molar-refractivity contribution in [1.82, 2.24) is 20.1 Å². The predicted molar refractivity (Wildman–Crippen MR) is 98.2 cm³/mol. The molecule has 1 heterocycles. The number of hydrogen-bond acceptors (Lipinski definition) is 6. The van der Waals surface area contributed by atoms with Gasteiger partial charge in [0.2, 0.25) is 17.8 Å². The van der Waals surface area contributed by atoms with Crippen LogP contribution in [0.15, 0.2) is 40.3 Å². The Kier molecular flexibility index (Phi) is 6.11. The fourth-order valence-electron chi connectivity index (χ4n) is 1.94. The normalized spacial score (nSPS) is 11.8. The number of benzene rings is 1. The van der Waals surface area contributed by atoms with Crippen LogP contribution in [-0.2, 0) is 14.8 Å². The first kappa shape index (κ1) is 19.6. The number of hydrazone groups is 1. The molecule has 0 bridgehead atoms. The van der Waals surface area contributed by atoms with Crippen LogP contribution in [0, 0.1) is 13.8 Å². The number of aromatic nitrogens is 2. The van der Waals surface area contributed by atoms with Crippen LogP contribution in [0.1, 0.15) is 18.3 Å². The first-order valence-electron chi connectivity index (χ1n) is 7.38. The SMILES string of the molecule is CC(=O)N/N=C(/Nc1nc(C)cc(C)n1)NS(=O)(=O)c1ccccc1Cl. The van der Waals surface area contributed by atoms with E-state index in [0.29, 0.717) is 11.4 Å². The third kappa shape index (κ3) is 5.39. The lowest BCUT2D eigenvalue weighted by molar-refractivity contribution is -0.118. The van der Waals surface area contributed by atoms with Gasteiger partial charge in [0.05, 0.1) is 5.02 Å².